The van der Waals surface area contributed by atoms with Gasteiger partial charge in [-0.3, -0.25) is 9.36 Å². The Morgan fingerprint density at radius 1 is 0.809 bits per heavy atom. The van der Waals surface area contributed by atoms with Crippen molar-refractivity contribution in [1.82, 2.24) is 39.5 Å². The van der Waals surface area contributed by atoms with Crippen molar-refractivity contribution in [2.45, 2.75) is 65.8 Å². The molecule has 0 aliphatic carbocycles. The highest BCUT2D eigenvalue weighted by atomic mass is 35.5. The first-order valence-corrected chi connectivity index (χ1v) is 14.8. The summed E-state index contributed by atoms with van der Waals surface area (Å²) in [5, 5.41) is 30.3. The summed E-state index contributed by atoms with van der Waals surface area (Å²) in [7, 11) is 2.54. The third-order valence-electron chi connectivity index (χ3n) is 5.51. The summed E-state index contributed by atoms with van der Waals surface area (Å²) in [5.41, 5.74) is 6.17. The van der Waals surface area contributed by atoms with E-state index in [2.05, 4.69) is 40.2 Å². The molecule has 0 fully saturated rings. The Labute approximate surface area is 286 Å². The lowest BCUT2D eigenvalue weighted by Gasteiger charge is -2.16. The van der Waals surface area contributed by atoms with E-state index in [4.69, 9.17) is 45.3 Å². The Morgan fingerprint density at radius 3 is 1.74 bits per heavy atom. The predicted molar refractivity (Wildman–Crippen MR) is 176 cm³/mol. The summed E-state index contributed by atoms with van der Waals surface area (Å²) in [6.45, 7) is 10.9. The van der Waals surface area contributed by atoms with E-state index in [-0.39, 0.29) is 32.7 Å². The Balaban J connectivity index is 0.000000270. The highest BCUT2D eigenvalue weighted by molar-refractivity contribution is 6.34. The second-order valence-corrected chi connectivity index (χ2v) is 12.2. The second-order valence-electron chi connectivity index (χ2n) is 11.2. The van der Waals surface area contributed by atoms with E-state index < -0.39 is 23.1 Å². The Bertz CT molecular complexity index is 1660. The van der Waals surface area contributed by atoms with Gasteiger partial charge in [-0.25, -0.2) is 24.5 Å². The average Bonchev–Trinajstić information content (AvgIpc) is 3.53. The van der Waals surface area contributed by atoms with Crippen molar-refractivity contribution in [3.8, 4) is 0 Å². The molecule has 0 unspecified atom stereocenters. The minimum atomic E-state index is -0.894. The van der Waals surface area contributed by atoms with Gasteiger partial charge >= 0.3 is 11.9 Å². The number of nitrogen functional groups attached to an aromatic ring is 1. The summed E-state index contributed by atoms with van der Waals surface area (Å²) in [4.78, 5) is 38.4. The van der Waals surface area contributed by atoms with Crippen molar-refractivity contribution in [2.24, 2.45) is 0 Å². The summed E-state index contributed by atoms with van der Waals surface area (Å²) in [5.74, 6) is -0.901. The van der Waals surface area contributed by atoms with Crippen molar-refractivity contribution in [1.29, 1.82) is 0 Å². The van der Waals surface area contributed by atoms with Gasteiger partial charge < -0.3 is 30.7 Å². The van der Waals surface area contributed by atoms with E-state index in [1.165, 1.54) is 14.2 Å². The van der Waals surface area contributed by atoms with Crippen LogP contribution in [-0.2, 0) is 22.6 Å². The average molecular weight is 716 g/mol. The van der Waals surface area contributed by atoms with Gasteiger partial charge in [-0.1, -0.05) is 11.6 Å². The van der Waals surface area contributed by atoms with Crippen LogP contribution in [0.15, 0.2) is 24.8 Å². The van der Waals surface area contributed by atoms with Gasteiger partial charge in [0.2, 0.25) is 10.6 Å². The first-order valence-electron chi connectivity index (χ1n) is 13.7. The number of aromatic nitrogens is 8. The maximum absolute atomic E-state index is 11.9. The van der Waals surface area contributed by atoms with Gasteiger partial charge in [0.1, 0.15) is 22.1 Å². The smallest absolute Gasteiger partial charge is 0.343 e. The standard InChI is InChI=1S/C14H18ClN5O3.C7H6Cl2N2O2.C7H13N3O/c1-8-10(12(21)23-4)11(19-13(15)17-8)18-9-5-16-20(6-9)7-14(2,3)22;1-3-4(6(12)13-2)5(8)11-7(9)10-3;1-7(2,11)5-10-4-6(8)3-9-10/h5-6,22H,7H2,1-4H3,(H,17,18,19);1-2H3;3-4,11H,5,8H2,1-2H3. The van der Waals surface area contributed by atoms with Gasteiger partial charge in [0, 0.05) is 12.4 Å². The fourth-order valence-electron chi connectivity index (χ4n) is 3.73. The number of nitrogens with one attached hydrogen (secondary N) is 1. The zero-order chi connectivity index (χ0) is 35.7. The molecule has 256 valence electrons. The molecule has 0 amide bonds. The van der Waals surface area contributed by atoms with Crippen LogP contribution in [0.3, 0.4) is 0 Å². The van der Waals surface area contributed by atoms with E-state index in [0.717, 1.165) is 0 Å². The molecule has 0 saturated carbocycles. The maximum atomic E-state index is 11.9. The van der Waals surface area contributed by atoms with Crippen molar-refractivity contribution in [3.05, 3.63) is 63.0 Å². The number of hydrogen-bond donors (Lipinski definition) is 4. The van der Waals surface area contributed by atoms with Gasteiger partial charge in [-0.2, -0.15) is 15.2 Å². The fourth-order valence-corrected chi connectivity index (χ4v) is 4.49. The summed E-state index contributed by atoms with van der Waals surface area (Å²) in [6, 6.07) is 0. The minimum absolute atomic E-state index is 0.00403. The van der Waals surface area contributed by atoms with Crippen LogP contribution in [0.25, 0.3) is 0 Å². The number of nitrogens with two attached hydrogens (primary N) is 1. The Kier molecular flexibility index (Phi) is 13.8. The molecule has 4 aromatic rings. The van der Waals surface area contributed by atoms with Gasteiger partial charge in [0.25, 0.3) is 0 Å². The molecule has 0 atom stereocenters. The Morgan fingerprint density at radius 2 is 1.28 bits per heavy atom. The maximum Gasteiger partial charge on any atom is 0.343 e. The molecule has 4 rings (SSSR count). The summed E-state index contributed by atoms with van der Waals surface area (Å²) >= 11 is 17.0. The molecule has 0 saturated heterocycles. The zero-order valence-corrected chi connectivity index (χ0v) is 29.3. The van der Waals surface area contributed by atoms with Crippen molar-refractivity contribution < 1.29 is 29.3 Å². The van der Waals surface area contributed by atoms with Crippen LogP contribution in [-0.4, -0.2) is 87.1 Å². The number of aryl methyl sites for hydroxylation is 2. The lowest BCUT2D eigenvalue weighted by atomic mass is 10.1. The number of methoxy groups -OCH3 is 2. The molecular weight excluding hydrogens is 679 g/mol. The largest absolute Gasteiger partial charge is 0.465 e. The first kappa shape index (κ1) is 39.1. The zero-order valence-electron chi connectivity index (χ0n) is 27.0. The summed E-state index contributed by atoms with van der Waals surface area (Å²) in [6.07, 6.45) is 6.49. The van der Waals surface area contributed by atoms with Crippen molar-refractivity contribution >= 4 is 63.9 Å². The van der Waals surface area contributed by atoms with Crippen molar-refractivity contribution in [3.63, 3.8) is 0 Å². The van der Waals surface area contributed by atoms with E-state index in [0.29, 0.717) is 35.9 Å². The van der Waals surface area contributed by atoms with Crippen LogP contribution in [0.1, 0.15) is 59.8 Å². The Hall–Kier alpha value is -4.09. The molecule has 4 aromatic heterocycles. The number of aliphatic hydroxyl groups is 2. The highest BCUT2D eigenvalue weighted by Crippen LogP contribution is 2.24. The molecule has 0 aromatic carbocycles. The van der Waals surface area contributed by atoms with Crippen LogP contribution < -0.4 is 11.1 Å². The van der Waals surface area contributed by atoms with E-state index in [1.807, 2.05) is 0 Å². The quantitative estimate of drug-likeness (QED) is 0.115. The topological polar surface area (TPSA) is 218 Å². The van der Waals surface area contributed by atoms with Crippen LogP contribution in [0.5, 0.6) is 0 Å². The fraction of sp³-hybridized carbons (Fsp3) is 0.429. The van der Waals surface area contributed by atoms with E-state index in [9.17, 15) is 19.8 Å². The molecular formula is C28H37Cl3N10O6. The molecule has 0 aliphatic rings. The van der Waals surface area contributed by atoms with Gasteiger partial charge in [-0.15, -0.1) is 0 Å². The monoisotopic (exact) mass is 714 g/mol. The summed E-state index contributed by atoms with van der Waals surface area (Å²) < 4.78 is 12.4. The second kappa shape index (κ2) is 16.6. The van der Waals surface area contributed by atoms with Crippen LogP contribution in [0.2, 0.25) is 15.7 Å². The molecule has 4 heterocycles. The number of hydrogen-bond acceptors (Lipinski definition) is 14. The number of carbonyl (C=O) groups excluding carboxylic acids is 2. The van der Waals surface area contributed by atoms with E-state index >= 15 is 0 Å². The number of nitrogens with zero attached hydrogens (tertiary/aromatic N) is 8. The number of halogens is 3. The number of ether oxygens (including phenoxy) is 2. The van der Waals surface area contributed by atoms with Crippen LogP contribution in [0.4, 0.5) is 17.2 Å². The molecule has 5 N–H and O–H groups in total. The SMILES string of the molecule is CC(C)(O)Cn1cc(N)cn1.COC(=O)c1c(C)nc(Cl)nc1Cl.COC(=O)c1c(C)nc(Cl)nc1Nc1cnn(CC(C)(C)O)c1. The molecule has 19 heteroatoms. The third-order valence-corrected chi connectivity index (χ3v) is 6.12. The van der Waals surface area contributed by atoms with E-state index in [1.54, 1.807) is 75.7 Å². The molecule has 0 radical (unpaired) electrons. The van der Waals surface area contributed by atoms with Crippen LogP contribution in [0, 0.1) is 13.8 Å². The number of rotatable bonds is 8. The highest BCUT2D eigenvalue weighted by Gasteiger charge is 2.21. The number of esters is 2. The molecule has 0 spiro atoms. The van der Waals surface area contributed by atoms with Crippen molar-refractivity contribution in [2.75, 3.05) is 25.3 Å². The minimum Gasteiger partial charge on any atom is -0.465 e. The van der Waals surface area contributed by atoms with Gasteiger partial charge in [-0.05, 0) is 64.7 Å². The normalized spacial score (nSPS) is 11.1. The number of anilines is 3. The molecule has 16 nitrogen and oxygen atoms in total. The van der Waals surface area contributed by atoms with Gasteiger partial charge in [0.05, 0.1) is 73.7 Å². The third kappa shape index (κ3) is 12.9. The lowest BCUT2D eigenvalue weighted by molar-refractivity contribution is 0.0571. The predicted octanol–water partition coefficient (Wildman–Crippen LogP) is 4.05. The molecule has 47 heavy (non-hydrogen) atoms. The van der Waals surface area contributed by atoms with Crippen LogP contribution >= 0.6 is 34.8 Å². The molecule has 0 bridgehead atoms. The number of carbonyl (C=O) groups is 2. The van der Waals surface area contributed by atoms with Gasteiger partial charge in [0.15, 0.2) is 0 Å². The molecule has 0 aliphatic heterocycles. The lowest BCUT2D eigenvalue weighted by Crippen LogP contribution is -2.26. The first-order chi connectivity index (χ1) is 21.7.